The van der Waals surface area contributed by atoms with Crippen LogP contribution in [-0.4, -0.2) is 49.2 Å². The molecule has 6 nitrogen and oxygen atoms in total. The monoisotopic (exact) mass is 302 g/mol. The Morgan fingerprint density at radius 1 is 1.36 bits per heavy atom. The predicted octanol–water partition coefficient (Wildman–Crippen LogP) is 2.23. The van der Waals surface area contributed by atoms with Crippen molar-refractivity contribution in [2.75, 3.05) is 6.54 Å². The van der Waals surface area contributed by atoms with Gasteiger partial charge in [0.25, 0.3) is 0 Å². The second-order valence-electron chi connectivity index (χ2n) is 6.25. The van der Waals surface area contributed by atoms with Gasteiger partial charge in [0, 0.05) is 24.7 Å². The summed E-state index contributed by atoms with van der Waals surface area (Å²) in [5, 5.41) is 17.6. The molecule has 1 aliphatic rings. The van der Waals surface area contributed by atoms with Crippen LogP contribution in [0.2, 0.25) is 0 Å². The van der Waals surface area contributed by atoms with Gasteiger partial charge in [0.15, 0.2) is 5.65 Å². The maximum absolute atomic E-state index is 11.1. The molecule has 0 saturated carbocycles. The number of carboxylic acids is 1. The van der Waals surface area contributed by atoms with Gasteiger partial charge in [-0.1, -0.05) is 6.42 Å². The Bertz CT molecular complexity index is 680. The second-order valence-corrected chi connectivity index (χ2v) is 6.25. The number of fused-ring (bicyclic) bond motifs is 1. The molecule has 0 bridgehead atoms. The van der Waals surface area contributed by atoms with Crippen molar-refractivity contribution in [3.8, 4) is 0 Å². The summed E-state index contributed by atoms with van der Waals surface area (Å²) < 4.78 is 1.82. The molecule has 2 aromatic heterocycles. The average Bonchev–Trinajstić information content (AvgIpc) is 2.90. The molecule has 6 heteroatoms. The Morgan fingerprint density at radius 3 is 2.91 bits per heavy atom. The number of hydrogen-bond acceptors (Lipinski definition) is 4. The van der Waals surface area contributed by atoms with Crippen molar-refractivity contribution >= 4 is 11.6 Å². The van der Waals surface area contributed by atoms with Crippen LogP contribution in [0.4, 0.5) is 0 Å². The van der Waals surface area contributed by atoms with Gasteiger partial charge < -0.3 is 5.11 Å². The van der Waals surface area contributed by atoms with Gasteiger partial charge >= 0.3 is 5.97 Å². The van der Waals surface area contributed by atoms with Crippen LogP contribution in [0.1, 0.15) is 49.3 Å². The number of carboxylic acid groups (broad SMARTS) is 1. The summed E-state index contributed by atoms with van der Waals surface area (Å²) in [5.74, 6) is -0.0846. The van der Waals surface area contributed by atoms with Crippen molar-refractivity contribution in [3.05, 3.63) is 29.7 Å². The molecule has 1 aliphatic heterocycles. The molecule has 1 saturated heterocycles. The Hall–Kier alpha value is -1.95. The molecule has 1 atom stereocenters. The summed E-state index contributed by atoms with van der Waals surface area (Å²) in [5.41, 5.74) is 0.963. The van der Waals surface area contributed by atoms with Gasteiger partial charge in [0.1, 0.15) is 5.82 Å². The van der Waals surface area contributed by atoms with Crippen molar-refractivity contribution in [1.29, 1.82) is 0 Å². The summed E-state index contributed by atoms with van der Waals surface area (Å²) in [7, 11) is 0. The van der Waals surface area contributed by atoms with Crippen LogP contribution in [0, 0.1) is 0 Å². The Morgan fingerprint density at radius 2 is 2.18 bits per heavy atom. The molecule has 0 aliphatic carbocycles. The molecule has 1 N–H and O–H groups in total. The average molecular weight is 302 g/mol. The van der Waals surface area contributed by atoms with Gasteiger partial charge in [-0.3, -0.25) is 9.30 Å². The minimum absolute atomic E-state index is 0.262. The molecule has 118 valence electrons. The van der Waals surface area contributed by atoms with E-state index < -0.39 is 5.97 Å². The summed E-state index contributed by atoms with van der Waals surface area (Å²) in [6.07, 6.45) is 6.08. The van der Waals surface area contributed by atoms with Gasteiger partial charge in [-0.05, 0) is 45.4 Å². The third kappa shape index (κ3) is 2.83. The SMILES string of the molecule is CC(C)N1CCCCC1Cc1nnc2ccc(C(=O)O)cn12. The molecule has 0 aromatic carbocycles. The standard InChI is InChI=1S/C16H22N4O2/c1-11(2)19-8-4-3-5-13(19)9-15-18-17-14-7-6-12(16(21)22)10-20(14)15/h6-7,10-11,13H,3-5,8-9H2,1-2H3,(H,21,22). The topological polar surface area (TPSA) is 70.7 Å². The molecule has 0 radical (unpaired) electrons. The maximum Gasteiger partial charge on any atom is 0.337 e. The smallest absolute Gasteiger partial charge is 0.337 e. The van der Waals surface area contributed by atoms with Gasteiger partial charge in [-0.2, -0.15) is 0 Å². The third-order valence-electron chi connectivity index (χ3n) is 4.47. The summed E-state index contributed by atoms with van der Waals surface area (Å²) in [6.45, 7) is 5.57. The number of carbonyl (C=O) groups is 1. The number of likely N-dealkylation sites (tertiary alicyclic amines) is 1. The van der Waals surface area contributed by atoms with E-state index in [1.54, 1.807) is 18.3 Å². The van der Waals surface area contributed by atoms with E-state index >= 15 is 0 Å². The number of hydrogen-bond donors (Lipinski definition) is 1. The number of aromatic carboxylic acids is 1. The van der Waals surface area contributed by atoms with Crippen LogP contribution >= 0.6 is 0 Å². The first kappa shape index (κ1) is 15.0. The molecule has 3 rings (SSSR count). The zero-order valence-corrected chi connectivity index (χ0v) is 13.1. The van der Waals surface area contributed by atoms with Gasteiger partial charge in [0.2, 0.25) is 0 Å². The Kier molecular flexibility index (Phi) is 4.11. The normalized spacial score (nSPS) is 19.9. The van der Waals surface area contributed by atoms with E-state index in [2.05, 4.69) is 28.9 Å². The van der Waals surface area contributed by atoms with Crippen LogP contribution < -0.4 is 0 Å². The van der Waals surface area contributed by atoms with Crippen LogP contribution in [-0.2, 0) is 6.42 Å². The quantitative estimate of drug-likeness (QED) is 0.938. The molecule has 1 unspecified atom stereocenters. The molecule has 0 amide bonds. The highest BCUT2D eigenvalue weighted by atomic mass is 16.4. The van der Waals surface area contributed by atoms with Gasteiger partial charge in [-0.25, -0.2) is 4.79 Å². The fourth-order valence-electron chi connectivity index (χ4n) is 3.34. The highest BCUT2D eigenvalue weighted by Crippen LogP contribution is 2.22. The highest BCUT2D eigenvalue weighted by Gasteiger charge is 2.26. The molecule has 22 heavy (non-hydrogen) atoms. The fourth-order valence-corrected chi connectivity index (χ4v) is 3.34. The first-order chi connectivity index (χ1) is 10.6. The van der Waals surface area contributed by atoms with E-state index in [1.807, 2.05) is 4.40 Å². The summed E-state index contributed by atoms with van der Waals surface area (Å²) in [4.78, 5) is 13.7. The maximum atomic E-state index is 11.1. The van der Waals surface area contributed by atoms with Gasteiger partial charge in [-0.15, -0.1) is 10.2 Å². The van der Waals surface area contributed by atoms with Crippen molar-refractivity contribution in [1.82, 2.24) is 19.5 Å². The molecule has 1 fully saturated rings. The molecule has 3 heterocycles. The predicted molar refractivity (Wildman–Crippen MR) is 83.1 cm³/mol. The highest BCUT2D eigenvalue weighted by molar-refractivity contribution is 5.87. The lowest BCUT2D eigenvalue weighted by Gasteiger charge is -2.38. The van der Waals surface area contributed by atoms with Gasteiger partial charge in [0.05, 0.1) is 5.56 Å². The lowest BCUT2D eigenvalue weighted by atomic mass is 9.97. The van der Waals surface area contributed by atoms with E-state index in [-0.39, 0.29) is 5.56 Å². The fraction of sp³-hybridized carbons (Fsp3) is 0.562. The van der Waals surface area contributed by atoms with Crippen molar-refractivity contribution in [3.63, 3.8) is 0 Å². The molecular weight excluding hydrogens is 280 g/mol. The summed E-state index contributed by atoms with van der Waals surface area (Å²) >= 11 is 0. The largest absolute Gasteiger partial charge is 0.478 e. The van der Waals surface area contributed by atoms with Crippen molar-refractivity contribution in [2.24, 2.45) is 0 Å². The molecular formula is C16H22N4O2. The van der Waals surface area contributed by atoms with E-state index in [0.29, 0.717) is 17.7 Å². The Labute approximate surface area is 129 Å². The van der Waals surface area contributed by atoms with Crippen LogP contribution in [0.15, 0.2) is 18.3 Å². The van der Waals surface area contributed by atoms with Crippen LogP contribution in [0.3, 0.4) is 0 Å². The third-order valence-corrected chi connectivity index (χ3v) is 4.47. The number of aromatic nitrogens is 3. The first-order valence-corrected chi connectivity index (χ1v) is 7.89. The van der Waals surface area contributed by atoms with E-state index in [9.17, 15) is 4.79 Å². The van der Waals surface area contributed by atoms with E-state index in [4.69, 9.17) is 5.11 Å². The lowest BCUT2D eigenvalue weighted by molar-refractivity contribution is 0.0696. The van der Waals surface area contributed by atoms with Crippen molar-refractivity contribution < 1.29 is 9.90 Å². The number of nitrogens with zero attached hydrogens (tertiary/aromatic N) is 4. The first-order valence-electron chi connectivity index (χ1n) is 7.89. The van der Waals surface area contributed by atoms with Crippen LogP contribution in [0.25, 0.3) is 5.65 Å². The van der Waals surface area contributed by atoms with E-state index in [1.165, 1.54) is 12.8 Å². The van der Waals surface area contributed by atoms with E-state index in [0.717, 1.165) is 25.2 Å². The minimum Gasteiger partial charge on any atom is -0.478 e. The zero-order chi connectivity index (χ0) is 15.7. The second kappa shape index (κ2) is 6.04. The number of pyridine rings is 1. The zero-order valence-electron chi connectivity index (χ0n) is 13.1. The summed E-state index contributed by atoms with van der Waals surface area (Å²) in [6, 6.07) is 4.24. The Balaban J connectivity index is 1.89. The lowest BCUT2D eigenvalue weighted by Crippen LogP contribution is -2.45. The van der Waals surface area contributed by atoms with Crippen molar-refractivity contribution in [2.45, 2.75) is 51.6 Å². The minimum atomic E-state index is -0.928. The number of piperidine rings is 1. The van der Waals surface area contributed by atoms with Crippen LogP contribution in [0.5, 0.6) is 0 Å². The number of rotatable bonds is 4. The molecule has 0 spiro atoms. The molecule has 2 aromatic rings.